The Hall–Kier alpha value is -0.560. The molecule has 1 aliphatic rings. The zero-order valence-electron chi connectivity index (χ0n) is 11.1. The van der Waals surface area contributed by atoms with Crippen molar-refractivity contribution in [2.45, 2.75) is 11.8 Å². The van der Waals surface area contributed by atoms with E-state index in [0.29, 0.717) is 11.4 Å². The van der Waals surface area contributed by atoms with Gasteiger partial charge < -0.3 is 4.90 Å². The van der Waals surface area contributed by atoms with Gasteiger partial charge in [-0.2, -0.15) is 11.8 Å². The first-order valence-corrected chi connectivity index (χ1v) is 9.09. The van der Waals surface area contributed by atoms with E-state index in [-0.39, 0.29) is 0 Å². The van der Waals surface area contributed by atoms with Crippen LogP contribution in [0.1, 0.15) is 5.56 Å². The van der Waals surface area contributed by atoms with Crippen LogP contribution in [0.5, 0.6) is 0 Å². The van der Waals surface area contributed by atoms with Crippen LogP contribution in [0.4, 0.5) is 0 Å². The normalized spacial score (nSPS) is 17.5. The molecule has 4 nitrogen and oxygen atoms in total. The summed E-state index contributed by atoms with van der Waals surface area (Å²) in [6.07, 6.45) is 0. The van der Waals surface area contributed by atoms with Crippen LogP contribution in [0.15, 0.2) is 29.2 Å². The van der Waals surface area contributed by atoms with Crippen molar-refractivity contribution in [3.05, 3.63) is 29.8 Å². The Kier molecular flexibility index (Phi) is 5.27. The van der Waals surface area contributed by atoms with Crippen LogP contribution in [0.3, 0.4) is 0 Å². The first-order chi connectivity index (χ1) is 9.09. The maximum Gasteiger partial charge on any atom is 0.240 e. The van der Waals surface area contributed by atoms with Crippen molar-refractivity contribution < 1.29 is 8.42 Å². The Balaban J connectivity index is 1.89. The van der Waals surface area contributed by atoms with Gasteiger partial charge in [0.15, 0.2) is 0 Å². The average molecular weight is 300 g/mol. The minimum Gasteiger partial charge on any atom is -0.300 e. The second-order valence-corrected chi connectivity index (χ2v) is 7.58. The highest BCUT2D eigenvalue weighted by Gasteiger charge is 2.16. The zero-order chi connectivity index (χ0) is 13.7. The van der Waals surface area contributed by atoms with Gasteiger partial charge in [-0.25, -0.2) is 13.1 Å². The van der Waals surface area contributed by atoms with Crippen LogP contribution in [-0.2, 0) is 10.0 Å². The fourth-order valence-corrected chi connectivity index (χ4v) is 4.34. The van der Waals surface area contributed by atoms with Crippen LogP contribution in [0.25, 0.3) is 0 Å². The molecule has 0 bridgehead atoms. The standard InChI is InChI=1S/C13H20N2O2S2/c1-12-4-2-3-5-13(12)19(16,17)14-6-7-15-8-10-18-11-9-15/h2-5,14H,6-11H2,1H3. The van der Waals surface area contributed by atoms with Gasteiger partial charge in [0, 0.05) is 37.7 Å². The van der Waals surface area contributed by atoms with Gasteiger partial charge in [-0.3, -0.25) is 0 Å². The summed E-state index contributed by atoms with van der Waals surface area (Å²) in [6.45, 7) is 5.18. The fourth-order valence-electron chi connectivity index (χ4n) is 2.10. The molecule has 1 N–H and O–H groups in total. The highest BCUT2D eigenvalue weighted by atomic mass is 32.2. The van der Waals surface area contributed by atoms with Gasteiger partial charge in [0.2, 0.25) is 10.0 Å². The highest BCUT2D eigenvalue weighted by Crippen LogP contribution is 2.13. The fraction of sp³-hybridized carbons (Fsp3) is 0.538. The molecule has 0 aromatic heterocycles. The first-order valence-electron chi connectivity index (χ1n) is 6.45. The molecule has 19 heavy (non-hydrogen) atoms. The van der Waals surface area contributed by atoms with Crippen molar-refractivity contribution in [2.24, 2.45) is 0 Å². The van der Waals surface area contributed by atoms with E-state index in [2.05, 4.69) is 9.62 Å². The number of sulfonamides is 1. The van der Waals surface area contributed by atoms with Gasteiger partial charge in [-0.1, -0.05) is 18.2 Å². The van der Waals surface area contributed by atoms with Crippen LogP contribution < -0.4 is 4.72 Å². The number of hydrogen-bond acceptors (Lipinski definition) is 4. The molecule has 0 unspecified atom stereocenters. The SMILES string of the molecule is Cc1ccccc1S(=O)(=O)NCCN1CCSCC1. The minimum atomic E-state index is -3.37. The molecule has 1 heterocycles. The molecule has 1 aromatic carbocycles. The quantitative estimate of drug-likeness (QED) is 0.891. The summed E-state index contributed by atoms with van der Waals surface area (Å²) in [5.41, 5.74) is 0.782. The first kappa shape index (κ1) is 14.8. The van der Waals surface area contributed by atoms with E-state index in [0.717, 1.165) is 36.7 Å². The molecule has 0 atom stereocenters. The number of hydrogen-bond donors (Lipinski definition) is 1. The van der Waals surface area contributed by atoms with Crippen molar-refractivity contribution in [3.63, 3.8) is 0 Å². The summed E-state index contributed by atoms with van der Waals surface area (Å²) in [7, 11) is -3.37. The number of nitrogens with one attached hydrogen (secondary N) is 1. The summed E-state index contributed by atoms with van der Waals surface area (Å²) in [5.74, 6) is 2.29. The van der Waals surface area contributed by atoms with Crippen molar-refractivity contribution in [2.75, 3.05) is 37.7 Å². The maximum atomic E-state index is 12.2. The molecule has 106 valence electrons. The highest BCUT2D eigenvalue weighted by molar-refractivity contribution is 7.99. The summed E-state index contributed by atoms with van der Waals surface area (Å²) in [4.78, 5) is 2.68. The molecule has 1 saturated heterocycles. The average Bonchev–Trinajstić information content (AvgIpc) is 2.40. The van der Waals surface area contributed by atoms with Crippen molar-refractivity contribution in [1.29, 1.82) is 0 Å². The lowest BCUT2D eigenvalue weighted by Gasteiger charge is -2.26. The molecule has 0 radical (unpaired) electrons. The van der Waals surface area contributed by atoms with E-state index in [1.54, 1.807) is 12.1 Å². The third kappa shape index (κ3) is 4.21. The van der Waals surface area contributed by atoms with Crippen molar-refractivity contribution in [3.8, 4) is 0 Å². The van der Waals surface area contributed by atoms with Gasteiger partial charge in [-0.15, -0.1) is 0 Å². The summed E-state index contributed by atoms with van der Waals surface area (Å²) in [5, 5.41) is 0. The molecule has 2 rings (SSSR count). The van der Waals surface area contributed by atoms with E-state index >= 15 is 0 Å². The largest absolute Gasteiger partial charge is 0.300 e. The van der Waals surface area contributed by atoms with Crippen molar-refractivity contribution >= 4 is 21.8 Å². The van der Waals surface area contributed by atoms with Gasteiger partial charge >= 0.3 is 0 Å². The van der Waals surface area contributed by atoms with Crippen molar-refractivity contribution in [1.82, 2.24) is 9.62 Å². The van der Waals surface area contributed by atoms with Crippen LogP contribution >= 0.6 is 11.8 Å². The molecule has 1 aliphatic heterocycles. The predicted molar refractivity (Wildman–Crippen MR) is 80.1 cm³/mol. The zero-order valence-corrected chi connectivity index (χ0v) is 12.8. The third-order valence-corrected chi connectivity index (χ3v) is 5.77. The third-order valence-electron chi connectivity index (χ3n) is 3.21. The number of nitrogens with zero attached hydrogens (tertiary/aromatic N) is 1. The summed E-state index contributed by atoms with van der Waals surface area (Å²) < 4.78 is 27.0. The topological polar surface area (TPSA) is 49.4 Å². The monoisotopic (exact) mass is 300 g/mol. The summed E-state index contributed by atoms with van der Waals surface area (Å²) in [6, 6.07) is 7.06. The number of rotatable bonds is 5. The maximum absolute atomic E-state index is 12.2. The van der Waals surface area contributed by atoms with Crippen LogP contribution in [0.2, 0.25) is 0 Å². The molecular formula is C13H20N2O2S2. The second kappa shape index (κ2) is 6.74. The smallest absolute Gasteiger partial charge is 0.240 e. The predicted octanol–water partition coefficient (Wildman–Crippen LogP) is 1.32. The van der Waals surface area contributed by atoms with E-state index in [1.165, 1.54) is 0 Å². The Bertz CT molecular complexity index is 511. The van der Waals surface area contributed by atoms with Gasteiger partial charge in [-0.05, 0) is 18.6 Å². The minimum absolute atomic E-state index is 0.379. The molecule has 0 aliphatic carbocycles. The second-order valence-electron chi connectivity index (χ2n) is 4.62. The molecular weight excluding hydrogens is 280 g/mol. The Morgan fingerprint density at radius 2 is 1.95 bits per heavy atom. The number of benzene rings is 1. The molecule has 0 spiro atoms. The molecule has 1 aromatic rings. The van der Waals surface area contributed by atoms with Gasteiger partial charge in [0.1, 0.15) is 0 Å². The van der Waals surface area contributed by atoms with Gasteiger partial charge in [0.05, 0.1) is 4.90 Å². The van der Waals surface area contributed by atoms with E-state index in [4.69, 9.17) is 0 Å². The van der Waals surface area contributed by atoms with E-state index < -0.39 is 10.0 Å². The number of aryl methyl sites for hydroxylation is 1. The lowest BCUT2D eigenvalue weighted by Crippen LogP contribution is -2.39. The van der Waals surface area contributed by atoms with Gasteiger partial charge in [0.25, 0.3) is 0 Å². The summed E-state index contributed by atoms with van der Waals surface area (Å²) >= 11 is 1.96. The Labute approximate surface area is 119 Å². The molecule has 0 saturated carbocycles. The van der Waals surface area contributed by atoms with E-state index in [9.17, 15) is 8.42 Å². The van der Waals surface area contributed by atoms with Crippen LogP contribution in [0, 0.1) is 6.92 Å². The van der Waals surface area contributed by atoms with E-state index in [1.807, 2.05) is 30.8 Å². The Morgan fingerprint density at radius 3 is 2.63 bits per heavy atom. The lowest BCUT2D eigenvalue weighted by atomic mass is 10.2. The molecule has 0 amide bonds. The molecule has 1 fully saturated rings. The molecule has 6 heteroatoms. The Morgan fingerprint density at radius 1 is 1.26 bits per heavy atom. The lowest BCUT2D eigenvalue weighted by molar-refractivity contribution is 0.307. The van der Waals surface area contributed by atoms with Crippen LogP contribution in [-0.4, -0.2) is 51.0 Å². The number of thioether (sulfide) groups is 1.